The van der Waals surface area contributed by atoms with Crippen molar-refractivity contribution in [3.63, 3.8) is 0 Å². The lowest BCUT2D eigenvalue weighted by molar-refractivity contribution is 0.198. The Hall–Kier alpha value is -1.06. The topological polar surface area (TPSA) is 30.5 Å². The number of hydrogen-bond donors (Lipinski definition) is 1. The molecule has 0 bridgehead atoms. The van der Waals surface area contributed by atoms with Gasteiger partial charge in [0.15, 0.2) is 0 Å². The fourth-order valence-corrected chi connectivity index (χ4v) is 2.67. The van der Waals surface area contributed by atoms with Crippen LogP contribution in [0.5, 0.6) is 5.75 Å². The number of aryl methyl sites for hydroxylation is 1. The van der Waals surface area contributed by atoms with Crippen LogP contribution < -0.4 is 10.1 Å². The summed E-state index contributed by atoms with van der Waals surface area (Å²) in [6, 6.07) is 6.67. The lowest BCUT2D eigenvalue weighted by Gasteiger charge is -2.12. The zero-order chi connectivity index (χ0) is 14.2. The van der Waals surface area contributed by atoms with Gasteiger partial charge in [0.1, 0.15) is 5.75 Å². The van der Waals surface area contributed by atoms with Crippen molar-refractivity contribution in [1.82, 2.24) is 5.32 Å². The van der Waals surface area contributed by atoms with Crippen molar-refractivity contribution < 1.29 is 9.47 Å². The molecule has 3 nitrogen and oxygen atoms in total. The maximum atomic E-state index is 5.54. The smallest absolute Gasteiger partial charge is 0.122 e. The number of hydrogen-bond acceptors (Lipinski definition) is 3. The second-order valence-corrected chi connectivity index (χ2v) is 5.73. The zero-order valence-corrected chi connectivity index (χ0v) is 12.8. The molecule has 1 aromatic carbocycles. The van der Waals surface area contributed by atoms with Gasteiger partial charge in [-0.05, 0) is 48.9 Å². The van der Waals surface area contributed by atoms with Gasteiger partial charge >= 0.3 is 0 Å². The van der Waals surface area contributed by atoms with E-state index in [1.165, 1.54) is 30.4 Å². The Labute approximate surface area is 122 Å². The van der Waals surface area contributed by atoms with E-state index in [1.807, 2.05) is 0 Å². The molecule has 1 heterocycles. The van der Waals surface area contributed by atoms with E-state index in [0.29, 0.717) is 0 Å². The first-order chi connectivity index (χ1) is 9.79. The number of ether oxygens (including phenoxy) is 2. The molecule has 0 aliphatic carbocycles. The van der Waals surface area contributed by atoms with Crippen molar-refractivity contribution in [3.05, 3.63) is 29.3 Å². The highest BCUT2D eigenvalue weighted by Crippen LogP contribution is 2.26. The maximum absolute atomic E-state index is 5.54. The highest BCUT2D eigenvalue weighted by molar-refractivity contribution is 5.39. The van der Waals surface area contributed by atoms with E-state index in [-0.39, 0.29) is 0 Å². The number of fused-ring (bicyclic) bond motifs is 1. The Morgan fingerprint density at radius 2 is 2.30 bits per heavy atom. The third-order valence-corrected chi connectivity index (χ3v) is 3.89. The third-order valence-electron chi connectivity index (χ3n) is 3.89. The average molecular weight is 277 g/mol. The summed E-state index contributed by atoms with van der Waals surface area (Å²) in [5.74, 6) is 1.81. The molecule has 0 fully saturated rings. The van der Waals surface area contributed by atoms with Gasteiger partial charge in [-0.2, -0.15) is 0 Å². The van der Waals surface area contributed by atoms with Gasteiger partial charge in [0.05, 0.1) is 13.2 Å². The van der Waals surface area contributed by atoms with Crippen molar-refractivity contribution in [3.8, 4) is 5.75 Å². The van der Waals surface area contributed by atoms with Gasteiger partial charge in [-0.25, -0.2) is 0 Å². The molecule has 0 spiro atoms. The first-order valence-corrected chi connectivity index (χ1v) is 7.74. The summed E-state index contributed by atoms with van der Waals surface area (Å²) in [5, 5.41) is 3.43. The van der Waals surface area contributed by atoms with Gasteiger partial charge < -0.3 is 14.8 Å². The monoisotopic (exact) mass is 277 g/mol. The number of nitrogens with one attached hydrogen (secondary N) is 1. The van der Waals surface area contributed by atoms with Gasteiger partial charge in [0, 0.05) is 20.1 Å². The first kappa shape index (κ1) is 15.3. The van der Waals surface area contributed by atoms with Gasteiger partial charge in [-0.15, -0.1) is 0 Å². The van der Waals surface area contributed by atoms with E-state index in [1.54, 1.807) is 7.11 Å². The highest BCUT2D eigenvalue weighted by Gasteiger charge is 2.11. The van der Waals surface area contributed by atoms with Crippen LogP contribution >= 0.6 is 0 Å². The fourth-order valence-electron chi connectivity index (χ4n) is 2.67. The van der Waals surface area contributed by atoms with Crippen LogP contribution in [0.4, 0.5) is 0 Å². The molecule has 20 heavy (non-hydrogen) atoms. The molecule has 0 saturated heterocycles. The predicted octanol–water partition coefficient (Wildman–Crippen LogP) is 2.82. The van der Waals surface area contributed by atoms with Crippen molar-refractivity contribution in [2.45, 2.75) is 32.6 Å². The van der Waals surface area contributed by atoms with Crippen LogP contribution in [0.1, 0.15) is 30.9 Å². The highest BCUT2D eigenvalue weighted by atomic mass is 16.5. The molecular formula is C17H27NO2. The van der Waals surface area contributed by atoms with E-state index in [0.717, 1.165) is 44.4 Å². The molecule has 1 aromatic rings. The lowest BCUT2D eigenvalue weighted by atomic mass is 9.99. The fraction of sp³-hybridized carbons (Fsp3) is 0.647. The summed E-state index contributed by atoms with van der Waals surface area (Å²) in [6.07, 6.45) is 4.78. The Kier molecular flexibility index (Phi) is 6.34. The Morgan fingerprint density at radius 1 is 1.40 bits per heavy atom. The Bertz CT molecular complexity index is 406. The quantitative estimate of drug-likeness (QED) is 0.704. The van der Waals surface area contributed by atoms with Crippen LogP contribution in [0.25, 0.3) is 0 Å². The van der Waals surface area contributed by atoms with E-state index >= 15 is 0 Å². The molecule has 1 aliphatic heterocycles. The number of methoxy groups -OCH3 is 1. The molecule has 1 aliphatic rings. The first-order valence-electron chi connectivity index (χ1n) is 7.74. The van der Waals surface area contributed by atoms with E-state index in [9.17, 15) is 0 Å². The van der Waals surface area contributed by atoms with Crippen molar-refractivity contribution in [2.24, 2.45) is 5.92 Å². The summed E-state index contributed by atoms with van der Waals surface area (Å²) >= 11 is 0. The van der Waals surface area contributed by atoms with Gasteiger partial charge in [0.25, 0.3) is 0 Å². The minimum absolute atomic E-state index is 0.726. The molecule has 1 atom stereocenters. The van der Waals surface area contributed by atoms with Gasteiger partial charge in [-0.1, -0.05) is 19.1 Å². The Morgan fingerprint density at radius 3 is 3.15 bits per heavy atom. The summed E-state index contributed by atoms with van der Waals surface area (Å²) in [5.41, 5.74) is 2.84. The zero-order valence-electron chi connectivity index (χ0n) is 12.8. The van der Waals surface area contributed by atoms with Crippen LogP contribution in [0.3, 0.4) is 0 Å². The van der Waals surface area contributed by atoms with E-state index in [2.05, 4.69) is 30.4 Å². The van der Waals surface area contributed by atoms with Crippen LogP contribution in [-0.2, 0) is 17.6 Å². The largest absolute Gasteiger partial charge is 0.493 e. The maximum Gasteiger partial charge on any atom is 0.122 e. The molecule has 1 unspecified atom stereocenters. The van der Waals surface area contributed by atoms with Crippen molar-refractivity contribution >= 4 is 0 Å². The van der Waals surface area contributed by atoms with Crippen LogP contribution in [0.15, 0.2) is 18.2 Å². The van der Waals surface area contributed by atoms with Crippen LogP contribution in [0.2, 0.25) is 0 Å². The lowest BCUT2D eigenvalue weighted by Crippen LogP contribution is -2.24. The van der Waals surface area contributed by atoms with E-state index in [4.69, 9.17) is 9.47 Å². The molecule has 0 amide bonds. The van der Waals surface area contributed by atoms with Crippen LogP contribution in [0, 0.1) is 5.92 Å². The summed E-state index contributed by atoms with van der Waals surface area (Å²) in [7, 11) is 1.74. The van der Waals surface area contributed by atoms with Gasteiger partial charge in [-0.3, -0.25) is 0 Å². The normalized spacial score (nSPS) is 14.9. The number of rotatable bonds is 9. The average Bonchev–Trinajstić information content (AvgIpc) is 2.91. The van der Waals surface area contributed by atoms with Crippen LogP contribution in [-0.4, -0.2) is 33.4 Å². The second kappa shape index (κ2) is 8.28. The summed E-state index contributed by atoms with van der Waals surface area (Å²) in [4.78, 5) is 0. The molecule has 0 radical (unpaired) electrons. The van der Waals surface area contributed by atoms with Crippen molar-refractivity contribution in [1.29, 1.82) is 0 Å². The molecule has 1 N–H and O–H groups in total. The summed E-state index contributed by atoms with van der Waals surface area (Å²) < 4.78 is 10.6. The molecule has 112 valence electrons. The standard InChI is InChI=1S/C17H27NO2/c1-14(13-18-9-11-19-2)4-3-5-15-6-7-17-16(12-15)8-10-20-17/h6-7,12,14,18H,3-5,8-11,13H2,1-2H3. The summed E-state index contributed by atoms with van der Waals surface area (Å²) in [6.45, 7) is 6.00. The Balaban J connectivity index is 1.63. The van der Waals surface area contributed by atoms with Gasteiger partial charge in [0.2, 0.25) is 0 Å². The second-order valence-electron chi connectivity index (χ2n) is 5.73. The molecule has 0 saturated carbocycles. The molecule has 3 heteroatoms. The third kappa shape index (κ3) is 4.80. The predicted molar refractivity (Wildman–Crippen MR) is 82.5 cm³/mol. The van der Waals surface area contributed by atoms with E-state index < -0.39 is 0 Å². The van der Waals surface area contributed by atoms with Crippen molar-refractivity contribution in [2.75, 3.05) is 33.4 Å². The molecular weight excluding hydrogens is 250 g/mol. The number of benzene rings is 1. The minimum Gasteiger partial charge on any atom is -0.493 e. The molecule has 2 rings (SSSR count). The molecule has 0 aromatic heterocycles. The minimum atomic E-state index is 0.726. The SMILES string of the molecule is COCCNCC(C)CCCc1ccc2c(c1)CCO2.